The zero-order valence-electron chi connectivity index (χ0n) is 11.2. The van der Waals surface area contributed by atoms with E-state index in [0.29, 0.717) is 14.6 Å². The van der Waals surface area contributed by atoms with Gasteiger partial charge in [0.05, 0.1) is 15.9 Å². The first-order valence-electron chi connectivity index (χ1n) is 6.00. The molecule has 4 bridgehead atoms. The molecule has 0 N–H and O–H groups in total. The molecule has 4 aliphatic heterocycles. The summed E-state index contributed by atoms with van der Waals surface area (Å²) in [5.74, 6) is 0. The largest absolute Gasteiger partial charge is 0.119 e. The van der Waals surface area contributed by atoms with E-state index >= 15 is 0 Å². The molecule has 4 fully saturated rings. The molecular weight excluding hydrogens is 321 g/mol. The van der Waals surface area contributed by atoms with Crippen LogP contribution in [0.4, 0.5) is 0 Å². The van der Waals surface area contributed by atoms with Crippen molar-refractivity contribution in [3.63, 3.8) is 0 Å². The fourth-order valence-electron chi connectivity index (χ4n) is 3.03. The number of thioether (sulfide) groups is 5. The highest BCUT2D eigenvalue weighted by Gasteiger charge is 2.70. The van der Waals surface area contributed by atoms with Gasteiger partial charge in [-0.2, -0.15) is 0 Å². The van der Waals surface area contributed by atoms with Crippen molar-refractivity contribution in [2.75, 3.05) is 0 Å². The van der Waals surface area contributed by atoms with Gasteiger partial charge in [-0.3, -0.25) is 0 Å². The topological polar surface area (TPSA) is 0 Å². The van der Waals surface area contributed by atoms with Gasteiger partial charge in [-0.05, 0) is 27.2 Å². The SMILES string of the molecule is CC12CC3([Si](C)(C)C)S[C@](C)(S1)S[C@](C)(S2)S3. The molecule has 17 heavy (non-hydrogen) atoms. The summed E-state index contributed by atoms with van der Waals surface area (Å²) in [4.78, 5) is 0. The van der Waals surface area contributed by atoms with Gasteiger partial charge in [0, 0.05) is 0 Å². The molecule has 0 aromatic heterocycles. The molecule has 4 atom stereocenters. The van der Waals surface area contributed by atoms with Crippen molar-refractivity contribution in [1.82, 2.24) is 0 Å². The van der Waals surface area contributed by atoms with E-state index in [1.165, 1.54) is 6.42 Å². The van der Waals surface area contributed by atoms with Crippen molar-refractivity contribution in [3.05, 3.63) is 0 Å². The van der Waals surface area contributed by atoms with Crippen LogP contribution in [0.25, 0.3) is 0 Å². The van der Waals surface area contributed by atoms with Crippen LogP contribution in [-0.4, -0.2) is 22.7 Å². The normalized spacial score (nSPS) is 57.5. The van der Waals surface area contributed by atoms with Crippen molar-refractivity contribution in [2.45, 2.75) is 61.4 Å². The Morgan fingerprint density at radius 2 is 1.24 bits per heavy atom. The van der Waals surface area contributed by atoms with Crippen LogP contribution in [0.2, 0.25) is 19.6 Å². The molecule has 0 amide bonds. The summed E-state index contributed by atoms with van der Waals surface area (Å²) in [7, 11) is -1.16. The molecule has 0 radical (unpaired) electrons. The molecule has 2 unspecified atom stereocenters. The lowest BCUT2D eigenvalue weighted by molar-refractivity contribution is 0.751. The fraction of sp³-hybridized carbons (Fsp3) is 1.00. The third kappa shape index (κ3) is 2.08. The van der Waals surface area contributed by atoms with Gasteiger partial charge < -0.3 is 0 Å². The molecule has 0 aromatic carbocycles. The van der Waals surface area contributed by atoms with E-state index in [1.807, 2.05) is 0 Å². The van der Waals surface area contributed by atoms with Crippen LogP contribution in [-0.2, 0) is 0 Å². The number of hydrogen-bond donors (Lipinski definition) is 0. The van der Waals surface area contributed by atoms with Crippen LogP contribution in [0.5, 0.6) is 0 Å². The minimum absolute atomic E-state index is 0.387. The monoisotopic (exact) mass is 340 g/mol. The van der Waals surface area contributed by atoms with Crippen LogP contribution in [0.3, 0.4) is 0 Å². The highest BCUT2D eigenvalue weighted by Crippen LogP contribution is 2.85. The van der Waals surface area contributed by atoms with Crippen LogP contribution < -0.4 is 0 Å². The smallest absolute Gasteiger partial charge is 0.108 e. The molecule has 0 spiro atoms. The molecule has 6 heteroatoms. The molecule has 4 saturated heterocycles. The summed E-state index contributed by atoms with van der Waals surface area (Å²) in [6.07, 6.45) is 1.39. The lowest BCUT2D eigenvalue weighted by Gasteiger charge is -2.68. The van der Waals surface area contributed by atoms with Gasteiger partial charge in [0.15, 0.2) is 0 Å². The zero-order valence-corrected chi connectivity index (χ0v) is 16.3. The van der Waals surface area contributed by atoms with Crippen LogP contribution in [0.1, 0.15) is 27.2 Å². The Balaban J connectivity index is 2.10. The second-order valence-electron chi connectivity index (χ2n) is 6.55. The molecule has 0 nitrogen and oxygen atoms in total. The van der Waals surface area contributed by atoms with Crippen LogP contribution in [0.15, 0.2) is 0 Å². The van der Waals surface area contributed by atoms with Crippen molar-refractivity contribution in [1.29, 1.82) is 0 Å². The van der Waals surface area contributed by atoms with Crippen molar-refractivity contribution >= 4 is 66.9 Å². The highest BCUT2D eigenvalue weighted by molar-refractivity contribution is 8.55. The average molecular weight is 341 g/mol. The van der Waals surface area contributed by atoms with Crippen molar-refractivity contribution in [3.8, 4) is 0 Å². The molecule has 4 heterocycles. The zero-order chi connectivity index (χ0) is 12.7. The standard InChI is InChI=1S/C11H20S5Si/c1-8-7-11(17(4,5)6)15-9(2,12-8)14-10(3,13-8)16-11/h7H2,1-6H3/t8?,9-,10+,11?. The molecule has 0 aromatic rings. The van der Waals surface area contributed by atoms with Gasteiger partial charge in [0.25, 0.3) is 0 Å². The first-order valence-corrected chi connectivity index (χ1v) is 13.6. The van der Waals surface area contributed by atoms with Gasteiger partial charge in [0.2, 0.25) is 0 Å². The number of hydrogen-bond acceptors (Lipinski definition) is 5. The third-order valence-electron chi connectivity index (χ3n) is 3.57. The third-order valence-corrected chi connectivity index (χ3v) is 18.6. The van der Waals surface area contributed by atoms with E-state index in [1.54, 1.807) is 0 Å². The average Bonchev–Trinajstić information content (AvgIpc) is 1.89. The van der Waals surface area contributed by atoms with E-state index in [-0.39, 0.29) is 0 Å². The summed E-state index contributed by atoms with van der Waals surface area (Å²) in [5.41, 5.74) is 0. The highest BCUT2D eigenvalue weighted by atomic mass is 32.3. The van der Waals surface area contributed by atoms with Crippen LogP contribution in [0, 0.1) is 0 Å². The van der Waals surface area contributed by atoms with E-state index < -0.39 is 8.07 Å². The van der Waals surface area contributed by atoms with Crippen LogP contribution >= 0.6 is 58.8 Å². The van der Waals surface area contributed by atoms with Gasteiger partial charge in [0.1, 0.15) is 6.82 Å². The molecule has 0 aliphatic carbocycles. The lowest BCUT2D eigenvalue weighted by Crippen LogP contribution is -2.63. The molecular formula is C11H20S5Si. The van der Waals surface area contributed by atoms with E-state index in [0.717, 1.165) is 0 Å². The number of rotatable bonds is 1. The van der Waals surface area contributed by atoms with Gasteiger partial charge in [-0.25, -0.2) is 0 Å². The molecule has 4 aliphatic rings. The summed E-state index contributed by atoms with van der Waals surface area (Å²) in [6.45, 7) is 15.1. The maximum Gasteiger partial charge on any atom is 0.108 e. The van der Waals surface area contributed by atoms with Gasteiger partial charge in [-0.1, -0.05) is 19.6 Å². The van der Waals surface area contributed by atoms with Crippen molar-refractivity contribution in [2.24, 2.45) is 0 Å². The predicted molar refractivity (Wildman–Crippen MR) is 93.9 cm³/mol. The minimum atomic E-state index is -1.16. The van der Waals surface area contributed by atoms with E-state index in [2.05, 4.69) is 99.2 Å². The Morgan fingerprint density at radius 3 is 1.59 bits per heavy atom. The second-order valence-corrected chi connectivity index (χ2v) is 23.8. The Bertz CT molecular complexity index is 323. The Morgan fingerprint density at radius 1 is 0.765 bits per heavy atom. The Hall–Kier alpha value is 1.97. The first kappa shape index (κ1) is 13.9. The van der Waals surface area contributed by atoms with E-state index in [9.17, 15) is 0 Å². The molecule has 4 rings (SSSR count). The van der Waals surface area contributed by atoms with Gasteiger partial charge >= 0.3 is 0 Å². The van der Waals surface area contributed by atoms with Gasteiger partial charge in [-0.15, -0.1) is 58.8 Å². The summed E-state index contributed by atoms with van der Waals surface area (Å²) in [5, 5.41) is 0. The minimum Gasteiger partial charge on any atom is -0.119 e. The maximum absolute atomic E-state index is 2.57. The molecule has 0 saturated carbocycles. The Labute approximate surface area is 127 Å². The predicted octanol–water partition coefficient (Wildman–Crippen LogP) is 5.72. The quantitative estimate of drug-likeness (QED) is 0.558. The summed E-state index contributed by atoms with van der Waals surface area (Å²) < 4.78 is 1.76. The fourth-order valence-corrected chi connectivity index (χ4v) is 25.0. The Kier molecular flexibility index (Phi) is 2.94. The maximum atomic E-state index is 2.57. The summed E-state index contributed by atoms with van der Waals surface area (Å²) in [6, 6.07) is 0. The summed E-state index contributed by atoms with van der Waals surface area (Å²) >= 11 is 11.2. The van der Waals surface area contributed by atoms with E-state index in [4.69, 9.17) is 0 Å². The molecule has 98 valence electrons. The van der Waals surface area contributed by atoms with Crippen molar-refractivity contribution < 1.29 is 0 Å². The lowest BCUT2D eigenvalue weighted by atomic mass is 10.3. The second kappa shape index (κ2) is 3.59. The first-order chi connectivity index (χ1) is 7.49.